The van der Waals surface area contributed by atoms with Crippen LogP contribution in [0.2, 0.25) is 0 Å². The van der Waals surface area contributed by atoms with E-state index < -0.39 is 5.92 Å². The summed E-state index contributed by atoms with van der Waals surface area (Å²) >= 11 is 2.59. The average molecular weight is 358 g/mol. The van der Waals surface area contributed by atoms with Crippen LogP contribution in [0.3, 0.4) is 0 Å². The first-order chi connectivity index (χ1) is 11.5. The fourth-order valence-electron chi connectivity index (χ4n) is 2.28. The van der Waals surface area contributed by atoms with Crippen molar-refractivity contribution in [2.24, 2.45) is 0 Å². The molecule has 0 radical (unpaired) electrons. The summed E-state index contributed by atoms with van der Waals surface area (Å²) in [5.74, 6) is -0.386. The second-order valence-corrected chi connectivity index (χ2v) is 7.13. The lowest BCUT2D eigenvalue weighted by Crippen LogP contribution is -2.13. The van der Waals surface area contributed by atoms with Gasteiger partial charge in [-0.3, -0.25) is 9.20 Å². The van der Waals surface area contributed by atoms with Crippen LogP contribution in [0.1, 0.15) is 28.0 Å². The number of carbonyl (C=O) groups is 1. The first kappa shape index (κ1) is 16.5. The summed E-state index contributed by atoms with van der Waals surface area (Å²) in [6.07, 6.45) is 0. The van der Waals surface area contributed by atoms with Crippen molar-refractivity contribution in [1.29, 1.82) is 5.26 Å². The molecule has 0 aromatic carbocycles. The number of hydrogen-bond donors (Lipinski definition) is 0. The topological polar surface area (TPSA) is 96.8 Å². The van der Waals surface area contributed by atoms with Crippen LogP contribution in [0.5, 0.6) is 0 Å². The number of nitrogens with zero attached hydrogens (tertiary/aromatic N) is 6. The van der Waals surface area contributed by atoms with Crippen LogP contribution in [-0.2, 0) is 4.79 Å². The van der Waals surface area contributed by atoms with Gasteiger partial charge in [0.25, 0.3) is 5.78 Å². The lowest BCUT2D eigenvalue weighted by Gasteiger charge is -2.06. The fraction of sp³-hybridized carbons (Fsp3) is 0.333. The minimum Gasteiger partial charge on any atom is -0.297 e. The van der Waals surface area contributed by atoms with Crippen molar-refractivity contribution in [1.82, 2.24) is 24.6 Å². The summed E-state index contributed by atoms with van der Waals surface area (Å²) < 4.78 is 1.81. The average Bonchev–Trinajstić information content (AvgIpc) is 3.12. The van der Waals surface area contributed by atoms with Gasteiger partial charge in [-0.1, -0.05) is 11.8 Å². The number of fused-ring (bicyclic) bond motifs is 1. The van der Waals surface area contributed by atoms with E-state index in [1.165, 1.54) is 23.1 Å². The number of thioether (sulfide) groups is 1. The highest BCUT2D eigenvalue weighted by Gasteiger charge is 2.24. The number of aryl methyl sites for hydroxylation is 3. The van der Waals surface area contributed by atoms with Crippen LogP contribution < -0.4 is 0 Å². The molecule has 3 heterocycles. The third-order valence-corrected chi connectivity index (χ3v) is 5.32. The number of ketones is 1. The van der Waals surface area contributed by atoms with Gasteiger partial charge in [0, 0.05) is 22.5 Å². The van der Waals surface area contributed by atoms with Crippen molar-refractivity contribution in [3.05, 3.63) is 33.5 Å². The summed E-state index contributed by atoms with van der Waals surface area (Å²) in [4.78, 5) is 21.0. The fourth-order valence-corrected chi connectivity index (χ4v) is 4.03. The molecular weight excluding hydrogens is 344 g/mol. The third-order valence-electron chi connectivity index (χ3n) is 3.34. The maximum Gasteiger partial charge on any atom is 0.256 e. The van der Waals surface area contributed by atoms with Crippen LogP contribution in [0.15, 0.2) is 16.6 Å². The Morgan fingerprint density at radius 3 is 2.79 bits per heavy atom. The molecule has 3 rings (SSSR count). The largest absolute Gasteiger partial charge is 0.297 e. The monoisotopic (exact) mass is 358 g/mol. The maximum absolute atomic E-state index is 12.4. The van der Waals surface area contributed by atoms with Gasteiger partial charge in [0.05, 0.1) is 11.8 Å². The first-order valence-electron chi connectivity index (χ1n) is 7.16. The van der Waals surface area contributed by atoms with Crippen molar-refractivity contribution >= 4 is 34.7 Å². The molecule has 0 aliphatic heterocycles. The Balaban J connectivity index is 1.78. The normalized spacial score (nSPS) is 12.2. The summed E-state index contributed by atoms with van der Waals surface area (Å²) in [6.45, 7) is 5.67. The van der Waals surface area contributed by atoms with E-state index in [0.717, 1.165) is 17.1 Å². The highest BCUT2D eigenvalue weighted by Crippen LogP contribution is 2.25. The van der Waals surface area contributed by atoms with Crippen molar-refractivity contribution in [3.63, 3.8) is 0 Å². The molecule has 0 bridgehead atoms. The van der Waals surface area contributed by atoms with Crippen LogP contribution in [0.25, 0.3) is 5.78 Å². The van der Waals surface area contributed by atoms with Gasteiger partial charge in [0.1, 0.15) is 5.01 Å². The predicted molar refractivity (Wildman–Crippen MR) is 91.2 cm³/mol. The highest BCUT2D eigenvalue weighted by atomic mass is 32.2. The zero-order valence-electron chi connectivity index (χ0n) is 13.3. The molecule has 9 heteroatoms. The van der Waals surface area contributed by atoms with Gasteiger partial charge in [0.15, 0.2) is 16.9 Å². The second kappa shape index (κ2) is 6.67. The highest BCUT2D eigenvalue weighted by molar-refractivity contribution is 7.99. The third kappa shape index (κ3) is 3.16. The van der Waals surface area contributed by atoms with Crippen molar-refractivity contribution in [2.45, 2.75) is 31.8 Å². The van der Waals surface area contributed by atoms with Gasteiger partial charge in [-0.25, -0.2) is 9.97 Å². The summed E-state index contributed by atoms with van der Waals surface area (Å²) in [5.41, 5.74) is 2.63. The molecule has 0 N–H and O–H groups in total. The van der Waals surface area contributed by atoms with Crippen LogP contribution in [0, 0.1) is 32.1 Å². The number of hydrogen-bond acceptors (Lipinski definition) is 8. The summed E-state index contributed by atoms with van der Waals surface area (Å²) in [7, 11) is 0. The van der Waals surface area contributed by atoms with E-state index in [4.69, 9.17) is 0 Å². The number of thiazole rings is 1. The summed E-state index contributed by atoms with van der Waals surface area (Å²) in [6, 6.07) is 3.98. The van der Waals surface area contributed by atoms with E-state index in [2.05, 4.69) is 20.2 Å². The van der Waals surface area contributed by atoms with Gasteiger partial charge >= 0.3 is 0 Å². The van der Waals surface area contributed by atoms with Gasteiger partial charge in [0.2, 0.25) is 0 Å². The van der Waals surface area contributed by atoms with Crippen molar-refractivity contribution in [2.75, 3.05) is 5.75 Å². The lowest BCUT2D eigenvalue weighted by atomic mass is 10.1. The van der Waals surface area contributed by atoms with Gasteiger partial charge < -0.3 is 0 Å². The van der Waals surface area contributed by atoms with Crippen molar-refractivity contribution in [3.8, 4) is 6.07 Å². The van der Waals surface area contributed by atoms with E-state index in [9.17, 15) is 10.1 Å². The lowest BCUT2D eigenvalue weighted by molar-refractivity contribution is -0.116. The molecule has 7 nitrogen and oxygen atoms in total. The molecule has 24 heavy (non-hydrogen) atoms. The molecule has 122 valence electrons. The number of rotatable bonds is 5. The minimum atomic E-state index is -0.836. The maximum atomic E-state index is 12.4. The molecule has 3 aromatic rings. The Morgan fingerprint density at radius 2 is 2.12 bits per heavy atom. The van der Waals surface area contributed by atoms with Gasteiger partial charge in [-0.05, 0) is 26.8 Å². The molecule has 1 atom stereocenters. The standard InChI is InChI=1S/C15H14N6OS2/c1-8-4-10(3)21-14(18-8)19-20-15(21)24-7-12(22)11(5-16)13-17-9(2)6-23-13/h4,6,11H,7H2,1-3H3/t11-/m1/s1. The molecule has 0 fully saturated rings. The van der Waals surface area contributed by atoms with E-state index in [-0.39, 0.29) is 11.5 Å². The summed E-state index contributed by atoms with van der Waals surface area (Å²) in [5, 5.41) is 20.4. The number of carbonyl (C=O) groups excluding carboxylic acids is 1. The number of Topliss-reactive ketones (excluding diaryl/α,β-unsaturated/α-hetero) is 1. The molecule has 0 saturated heterocycles. The Morgan fingerprint density at radius 1 is 1.33 bits per heavy atom. The molecule has 0 amide bonds. The zero-order valence-corrected chi connectivity index (χ0v) is 15.0. The smallest absolute Gasteiger partial charge is 0.256 e. The SMILES string of the molecule is Cc1csc([C@H](C#N)C(=O)CSc2nnc3nc(C)cc(C)n23)n1. The van der Waals surface area contributed by atoms with E-state index in [0.29, 0.717) is 15.9 Å². The van der Waals surface area contributed by atoms with Gasteiger partial charge in [-0.2, -0.15) is 5.26 Å². The van der Waals surface area contributed by atoms with E-state index in [1.807, 2.05) is 38.3 Å². The zero-order chi connectivity index (χ0) is 17.3. The first-order valence-corrected chi connectivity index (χ1v) is 9.02. The van der Waals surface area contributed by atoms with Crippen molar-refractivity contribution < 1.29 is 4.79 Å². The molecule has 3 aromatic heterocycles. The molecule has 0 spiro atoms. The second-order valence-electron chi connectivity index (χ2n) is 5.30. The van der Waals surface area contributed by atoms with E-state index >= 15 is 0 Å². The van der Waals surface area contributed by atoms with E-state index in [1.54, 1.807) is 4.40 Å². The molecule has 0 unspecified atom stereocenters. The van der Waals surface area contributed by atoms with Crippen LogP contribution >= 0.6 is 23.1 Å². The molecule has 0 aliphatic rings. The molecule has 0 aliphatic carbocycles. The Bertz CT molecular complexity index is 955. The number of aromatic nitrogens is 5. The molecule has 0 saturated carbocycles. The van der Waals surface area contributed by atoms with Crippen LogP contribution in [-0.4, -0.2) is 36.1 Å². The molecular formula is C15H14N6OS2. The Hall–Kier alpha value is -2.31. The quantitative estimate of drug-likeness (QED) is 0.646. The number of nitriles is 1. The predicted octanol–water partition coefficient (Wildman–Crippen LogP) is 2.47. The van der Waals surface area contributed by atoms with Crippen LogP contribution in [0.4, 0.5) is 0 Å². The van der Waals surface area contributed by atoms with Gasteiger partial charge in [-0.15, -0.1) is 21.5 Å². The minimum absolute atomic E-state index is 0.130. The Labute approximate surface area is 146 Å². The Kier molecular flexibility index (Phi) is 4.59.